The van der Waals surface area contributed by atoms with Gasteiger partial charge in [0, 0.05) is 24.6 Å². The number of amides is 1. The molecule has 0 bridgehead atoms. The van der Waals surface area contributed by atoms with Crippen molar-refractivity contribution in [3.63, 3.8) is 0 Å². The Labute approximate surface area is 124 Å². The highest BCUT2D eigenvalue weighted by Gasteiger charge is 2.10. The summed E-state index contributed by atoms with van der Waals surface area (Å²) in [7, 11) is 0. The zero-order valence-electron chi connectivity index (χ0n) is 11.9. The number of nitrogens with one attached hydrogen (secondary N) is 1. The molecule has 1 amide bonds. The summed E-state index contributed by atoms with van der Waals surface area (Å²) < 4.78 is 0. The van der Waals surface area contributed by atoms with Crippen LogP contribution in [0.15, 0.2) is 60.7 Å². The predicted octanol–water partition coefficient (Wildman–Crippen LogP) is 3.07. The third-order valence-electron chi connectivity index (χ3n) is 3.01. The van der Waals surface area contributed by atoms with Crippen LogP contribution in [0.3, 0.4) is 0 Å². The molecule has 0 aliphatic rings. The number of benzene rings is 2. The fourth-order valence-corrected chi connectivity index (χ4v) is 1.98. The van der Waals surface area contributed by atoms with E-state index in [-0.39, 0.29) is 11.7 Å². The Hall–Kier alpha value is -2.68. The zero-order chi connectivity index (χ0) is 15.1. The Morgan fingerprint density at radius 3 is 2.38 bits per heavy atom. The summed E-state index contributed by atoms with van der Waals surface area (Å²) >= 11 is 0. The van der Waals surface area contributed by atoms with Crippen molar-refractivity contribution in [3.8, 4) is 0 Å². The minimum Gasteiger partial charge on any atom is -0.353 e. The SMILES string of the molecule is CC(=O)NCC=Cc1ccccc1C(=O)c1ccccc1. The zero-order valence-corrected chi connectivity index (χ0v) is 11.9. The molecule has 1 N–H and O–H groups in total. The van der Waals surface area contributed by atoms with Gasteiger partial charge in [0.05, 0.1) is 0 Å². The molecule has 0 radical (unpaired) electrons. The van der Waals surface area contributed by atoms with E-state index in [1.807, 2.05) is 54.6 Å². The average molecular weight is 279 g/mol. The van der Waals surface area contributed by atoms with Gasteiger partial charge in [0.2, 0.25) is 5.91 Å². The number of carbonyl (C=O) groups is 2. The quantitative estimate of drug-likeness (QED) is 0.855. The third-order valence-corrected chi connectivity index (χ3v) is 3.01. The van der Waals surface area contributed by atoms with Gasteiger partial charge in [0.25, 0.3) is 0 Å². The van der Waals surface area contributed by atoms with Gasteiger partial charge in [-0.2, -0.15) is 0 Å². The molecule has 106 valence electrons. The van der Waals surface area contributed by atoms with Crippen molar-refractivity contribution >= 4 is 17.8 Å². The molecule has 3 heteroatoms. The number of rotatable bonds is 5. The standard InChI is InChI=1S/C18H17NO2/c1-14(20)19-13-7-11-15-8-5-6-12-17(15)18(21)16-9-3-2-4-10-16/h2-12H,13H2,1H3,(H,19,20). The predicted molar refractivity (Wildman–Crippen MR) is 84.0 cm³/mol. The van der Waals surface area contributed by atoms with Gasteiger partial charge < -0.3 is 5.32 Å². The number of hydrogen-bond acceptors (Lipinski definition) is 2. The Kier molecular flexibility index (Phi) is 5.04. The smallest absolute Gasteiger partial charge is 0.217 e. The van der Waals surface area contributed by atoms with E-state index in [0.717, 1.165) is 5.56 Å². The second-order valence-electron chi connectivity index (χ2n) is 4.62. The van der Waals surface area contributed by atoms with Crippen LogP contribution in [0.25, 0.3) is 6.08 Å². The average Bonchev–Trinajstić information content (AvgIpc) is 2.52. The highest BCUT2D eigenvalue weighted by Crippen LogP contribution is 2.15. The van der Waals surface area contributed by atoms with E-state index in [2.05, 4.69) is 5.32 Å². The lowest BCUT2D eigenvalue weighted by Gasteiger charge is -2.05. The van der Waals surface area contributed by atoms with Crippen LogP contribution < -0.4 is 5.32 Å². The first-order valence-corrected chi connectivity index (χ1v) is 6.78. The van der Waals surface area contributed by atoms with E-state index in [1.165, 1.54) is 6.92 Å². The fraction of sp³-hybridized carbons (Fsp3) is 0.111. The Morgan fingerprint density at radius 2 is 1.67 bits per heavy atom. The molecule has 0 aromatic heterocycles. The maximum Gasteiger partial charge on any atom is 0.217 e. The summed E-state index contributed by atoms with van der Waals surface area (Å²) in [6.07, 6.45) is 3.69. The minimum absolute atomic E-state index is 0.00428. The van der Waals surface area contributed by atoms with E-state index in [1.54, 1.807) is 12.1 Å². The second kappa shape index (κ2) is 7.20. The van der Waals surface area contributed by atoms with Crippen LogP contribution >= 0.6 is 0 Å². The molecule has 0 atom stereocenters. The Morgan fingerprint density at radius 1 is 1.00 bits per heavy atom. The number of carbonyl (C=O) groups excluding carboxylic acids is 2. The maximum absolute atomic E-state index is 12.5. The van der Waals surface area contributed by atoms with Crippen LogP contribution in [0.5, 0.6) is 0 Å². The summed E-state index contributed by atoms with van der Waals surface area (Å²) in [6.45, 7) is 1.92. The molecule has 0 heterocycles. The van der Waals surface area contributed by atoms with Gasteiger partial charge >= 0.3 is 0 Å². The maximum atomic E-state index is 12.5. The van der Waals surface area contributed by atoms with Gasteiger partial charge in [0.15, 0.2) is 5.78 Å². The molecule has 3 nitrogen and oxygen atoms in total. The van der Waals surface area contributed by atoms with Crippen LogP contribution in [0.1, 0.15) is 28.4 Å². The summed E-state index contributed by atoms with van der Waals surface area (Å²) in [5.41, 5.74) is 2.17. The molecule has 0 aliphatic carbocycles. The van der Waals surface area contributed by atoms with Crippen LogP contribution in [0.4, 0.5) is 0 Å². The molecule has 0 saturated heterocycles. The molecule has 21 heavy (non-hydrogen) atoms. The topological polar surface area (TPSA) is 46.2 Å². The van der Waals surface area contributed by atoms with Gasteiger partial charge in [0.1, 0.15) is 0 Å². The van der Waals surface area contributed by atoms with E-state index < -0.39 is 0 Å². The highest BCUT2D eigenvalue weighted by atomic mass is 16.1. The molecule has 0 spiro atoms. The molecule has 0 aliphatic heterocycles. The van der Waals surface area contributed by atoms with Crippen molar-refractivity contribution in [1.82, 2.24) is 5.32 Å². The van der Waals surface area contributed by atoms with Crippen LogP contribution in [-0.4, -0.2) is 18.2 Å². The number of hydrogen-bond donors (Lipinski definition) is 1. The molecule has 2 aromatic rings. The lowest BCUT2D eigenvalue weighted by Crippen LogP contribution is -2.19. The van der Waals surface area contributed by atoms with Crippen LogP contribution in [0.2, 0.25) is 0 Å². The van der Waals surface area contributed by atoms with Crippen LogP contribution in [0, 0.1) is 0 Å². The van der Waals surface area contributed by atoms with Crippen LogP contribution in [-0.2, 0) is 4.79 Å². The molecule has 0 unspecified atom stereocenters. The van der Waals surface area contributed by atoms with Crippen molar-refractivity contribution in [2.24, 2.45) is 0 Å². The van der Waals surface area contributed by atoms with Crippen molar-refractivity contribution < 1.29 is 9.59 Å². The lowest BCUT2D eigenvalue weighted by atomic mass is 9.98. The van der Waals surface area contributed by atoms with Crippen molar-refractivity contribution in [2.75, 3.05) is 6.54 Å². The Bertz CT molecular complexity index is 660. The third kappa shape index (κ3) is 4.14. The first-order valence-electron chi connectivity index (χ1n) is 6.78. The largest absolute Gasteiger partial charge is 0.353 e. The van der Waals surface area contributed by atoms with Crippen molar-refractivity contribution in [1.29, 1.82) is 0 Å². The first kappa shape index (κ1) is 14.7. The molecule has 0 fully saturated rings. The summed E-state index contributed by atoms with van der Waals surface area (Å²) in [4.78, 5) is 23.3. The summed E-state index contributed by atoms with van der Waals surface area (Å²) in [5, 5.41) is 2.69. The molecular formula is C18H17NO2. The monoisotopic (exact) mass is 279 g/mol. The summed E-state index contributed by atoms with van der Waals surface area (Å²) in [5.74, 6) is -0.0799. The van der Waals surface area contributed by atoms with Gasteiger partial charge in [-0.15, -0.1) is 0 Å². The second-order valence-corrected chi connectivity index (χ2v) is 4.62. The van der Waals surface area contributed by atoms with E-state index in [0.29, 0.717) is 17.7 Å². The molecular weight excluding hydrogens is 262 g/mol. The van der Waals surface area contributed by atoms with Gasteiger partial charge in [-0.25, -0.2) is 0 Å². The summed E-state index contributed by atoms with van der Waals surface area (Å²) in [6, 6.07) is 16.6. The normalized spacial score (nSPS) is 10.5. The molecule has 2 aromatic carbocycles. The van der Waals surface area contributed by atoms with Crippen molar-refractivity contribution in [3.05, 3.63) is 77.4 Å². The Balaban J connectivity index is 2.21. The van der Waals surface area contributed by atoms with Crippen molar-refractivity contribution in [2.45, 2.75) is 6.92 Å². The molecule has 2 rings (SSSR count). The van der Waals surface area contributed by atoms with Gasteiger partial charge in [-0.3, -0.25) is 9.59 Å². The lowest BCUT2D eigenvalue weighted by molar-refractivity contribution is -0.118. The number of ketones is 1. The fourth-order valence-electron chi connectivity index (χ4n) is 1.98. The molecule has 0 saturated carbocycles. The minimum atomic E-state index is -0.0757. The van der Waals surface area contributed by atoms with E-state index >= 15 is 0 Å². The first-order chi connectivity index (χ1) is 10.2. The van der Waals surface area contributed by atoms with Gasteiger partial charge in [-0.05, 0) is 5.56 Å². The van der Waals surface area contributed by atoms with E-state index in [9.17, 15) is 9.59 Å². The van der Waals surface area contributed by atoms with E-state index in [4.69, 9.17) is 0 Å². The highest BCUT2D eigenvalue weighted by molar-refractivity contribution is 6.11. The van der Waals surface area contributed by atoms with Gasteiger partial charge in [-0.1, -0.05) is 66.7 Å².